The number of benzene rings is 1. The van der Waals surface area contributed by atoms with Crippen LogP contribution in [0, 0.1) is 11.8 Å². The van der Waals surface area contributed by atoms with Gasteiger partial charge in [-0.15, -0.1) is 0 Å². The maximum absolute atomic E-state index is 10.9. The molecule has 0 aliphatic carbocycles. The lowest BCUT2D eigenvalue weighted by Crippen LogP contribution is -2.37. The first-order chi connectivity index (χ1) is 8.29. The van der Waals surface area contributed by atoms with Gasteiger partial charge in [0.2, 0.25) is 0 Å². The van der Waals surface area contributed by atoms with Crippen molar-refractivity contribution < 1.29 is 4.79 Å². The predicted molar refractivity (Wildman–Crippen MR) is 69.7 cm³/mol. The van der Waals surface area contributed by atoms with Gasteiger partial charge in [-0.3, -0.25) is 4.90 Å². The quantitative estimate of drug-likeness (QED) is 0.743. The van der Waals surface area contributed by atoms with Gasteiger partial charge in [0.15, 0.2) is 0 Å². The summed E-state index contributed by atoms with van der Waals surface area (Å²) in [5, 5.41) is 0. The van der Waals surface area contributed by atoms with Crippen LogP contribution in [0.3, 0.4) is 0 Å². The van der Waals surface area contributed by atoms with Gasteiger partial charge >= 0.3 is 0 Å². The van der Waals surface area contributed by atoms with Crippen molar-refractivity contribution in [3.8, 4) is 0 Å². The summed E-state index contributed by atoms with van der Waals surface area (Å²) < 4.78 is 0. The van der Waals surface area contributed by atoms with Gasteiger partial charge in [-0.2, -0.15) is 0 Å². The summed E-state index contributed by atoms with van der Waals surface area (Å²) in [7, 11) is 0. The van der Waals surface area contributed by atoms with Crippen LogP contribution >= 0.6 is 0 Å². The molecule has 0 amide bonds. The third kappa shape index (κ3) is 3.40. The highest BCUT2D eigenvalue weighted by Crippen LogP contribution is 2.23. The molecule has 2 heteroatoms. The zero-order valence-corrected chi connectivity index (χ0v) is 10.5. The van der Waals surface area contributed by atoms with Gasteiger partial charge in [0.05, 0.1) is 0 Å². The topological polar surface area (TPSA) is 20.3 Å². The first-order valence-electron chi connectivity index (χ1n) is 6.51. The van der Waals surface area contributed by atoms with E-state index in [1.807, 2.05) is 6.92 Å². The molecule has 1 aromatic carbocycles. The highest BCUT2D eigenvalue weighted by Gasteiger charge is 2.24. The second-order valence-electron chi connectivity index (χ2n) is 5.12. The highest BCUT2D eigenvalue weighted by molar-refractivity contribution is 5.53. The molecule has 2 unspecified atom stereocenters. The van der Waals surface area contributed by atoms with E-state index in [0.29, 0.717) is 5.92 Å². The number of rotatable bonds is 4. The van der Waals surface area contributed by atoms with Gasteiger partial charge in [0.25, 0.3) is 0 Å². The van der Waals surface area contributed by atoms with Crippen LogP contribution in [0.5, 0.6) is 0 Å². The molecule has 0 N–H and O–H groups in total. The third-order valence-corrected chi connectivity index (χ3v) is 3.75. The van der Waals surface area contributed by atoms with E-state index in [0.717, 1.165) is 25.9 Å². The van der Waals surface area contributed by atoms with Crippen LogP contribution in [-0.4, -0.2) is 24.3 Å². The molecule has 0 saturated carbocycles. The van der Waals surface area contributed by atoms with Gasteiger partial charge < -0.3 is 4.79 Å². The van der Waals surface area contributed by atoms with Gasteiger partial charge in [-0.25, -0.2) is 0 Å². The molecular formula is C15H21NO. The third-order valence-electron chi connectivity index (χ3n) is 3.75. The number of carbonyl (C=O) groups is 1. The molecule has 1 fully saturated rings. The summed E-state index contributed by atoms with van der Waals surface area (Å²) in [4.78, 5) is 13.3. The number of aldehydes is 1. The van der Waals surface area contributed by atoms with E-state index in [1.165, 1.54) is 18.4 Å². The number of piperidine rings is 1. The Morgan fingerprint density at radius 2 is 2.18 bits per heavy atom. The van der Waals surface area contributed by atoms with E-state index in [9.17, 15) is 4.79 Å². The molecule has 1 heterocycles. The Morgan fingerprint density at radius 3 is 2.88 bits per heavy atom. The number of likely N-dealkylation sites (tertiary alicyclic amines) is 1. The maximum atomic E-state index is 10.9. The second-order valence-corrected chi connectivity index (χ2v) is 5.12. The average Bonchev–Trinajstić information content (AvgIpc) is 2.39. The summed E-state index contributed by atoms with van der Waals surface area (Å²) in [5.74, 6) is 0.749. The second kappa shape index (κ2) is 5.97. The molecule has 0 radical (unpaired) electrons. The molecule has 2 nitrogen and oxygen atoms in total. The molecule has 92 valence electrons. The molecule has 0 spiro atoms. The predicted octanol–water partition coefficient (Wildman–Crippen LogP) is 2.73. The van der Waals surface area contributed by atoms with E-state index in [4.69, 9.17) is 0 Å². The fourth-order valence-electron chi connectivity index (χ4n) is 2.62. The summed E-state index contributed by atoms with van der Waals surface area (Å²) in [6.45, 7) is 5.29. The molecule has 0 aromatic heterocycles. The molecule has 2 rings (SSSR count). The highest BCUT2D eigenvalue weighted by atomic mass is 16.1. The van der Waals surface area contributed by atoms with Gasteiger partial charge in [0, 0.05) is 19.0 Å². The first kappa shape index (κ1) is 12.3. The van der Waals surface area contributed by atoms with Crippen molar-refractivity contribution in [3.05, 3.63) is 35.9 Å². The average molecular weight is 231 g/mol. The van der Waals surface area contributed by atoms with Gasteiger partial charge in [-0.1, -0.05) is 37.3 Å². The van der Waals surface area contributed by atoms with Crippen molar-refractivity contribution >= 4 is 6.29 Å². The fourth-order valence-corrected chi connectivity index (χ4v) is 2.62. The van der Waals surface area contributed by atoms with Crippen LogP contribution in [-0.2, 0) is 11.3 Å². The number of hydrogen-bond donors (Lipinski definition) is 0. The van der Waals surface area contributed by atoms with Crippen LogP contribution < -0.4 is 0 Å². The molecule has 1 saturated heterocycles. The van der Waals surface area contributed by atoms with E-state index in [2.05, 4.69) is 35.2 Å². The fraction of sp³-hybridized carbons (Fsp3) is 0.533. The lowest BCUT2D eigenvalue weighted by atomic mass is 9.87. The molecule has 2 atom stereocenters. The smallest absolute Gasteiger partial charge is 0.123 e. The molecule has 1 aliphatic rings. The molecule has 0 bridgehead atoms. The van der Waals surface area contributed by atoms with E-state index >= 15 is 0 Å². The Morgan fingerprint density at radius 1 is 1.41 bits per heavy atom. The minimum absolute atomic E-state index is 0.202. The first-order valence-corrected chi connectivity index (χ1v) is 6.51. The largest absolute Gasteiger partial charge is 0.303 e. The molecular weight excluding hydrogens is 210 g/mol. The molecule has 17 heavy (non-hydrogen) atoms. The number of hydrogen-bond acceptors (Lipinski definition) is 2. The van der Waals surface area contributed by atoms with Crippen LogP contribution in [0.2, 0.25) is 0 Å². The zero-order valence-electron chi connectivity index (χ0n) is 10.5. The van der Waals surface area contributed by atoms with E-state index < -0.39 is 0 Å². The van der Waals surface area contributed by atoms with Crippen molar-refractivity contribution in [2.24, 2.45) is 11.8 Å². The zero-order chi connectivity index (χ0) is 12.1. The number of nitrogens with zero attached hydrogens (tertiary/aromatic N) is 1. The van der Waals surface area contributed by atoms with Crippen molar-refractivity contribution in [3.63, 3.8) is 0 Å². The maximum Gasteiger partial charge on any atom is 0.123 e. The molecule has 1 aromatic rings. The lowest BCUT2D eigenvalue weighted by Gasteiger charge is -2.34. The van der Waals surface area contributed by atoms with Crippen molar-refractivity contribution in [1.82, 2.24) is 4.90 Å². The Labute approximate surface area is 104 Å². The summed E-state index contributed by atoms with van der Waals surface area (Å²) in [6.07, 6.45) is 3.53. The standard InChI is InChI=1S/C15H21NO/c1-13(12-17)15-8-5-9-16(11-15)10-14-6-3-2-4-7-14/h2-4,6-7,12-13,15H,5,8-11H2,1H3. The van der Waals surface area contributed by atoms with Crippen molar-refractivity contribution in [1.29, 1.82) is 0 Å². The Hall–Kier alpha value is -1.15. The van der Waals surface area contributed by atoms with Crippen molar-refractivity contribution in [2.75, 3.05) is 13.1 Å². The SMILES string of the molecule is CC(C=O)C1CCCN(Cc2ccccc2)C1. The lowest BCUT2D eigenvalue weighted by molar-refractivity contribution is -0.112. The van der Waals surface area contributed by atoms with Crippen LogP contribution in [0.4, 0.5) is 0 Å². The van der Waals surface area contributed by atoms with E-state index in [-0.39, 0.29) is 5.92 Å². The van der Waals surface area contributed by atoms with Crippen molar-refractivity contribution in [2.45, 2.75) is 26.3 Å². The van der Waals surface area contributed by atoms with Crippen LogP contribution in [0.1, 0.15) is 25.3 Å². The summed E-state index contributed by atoms with van der Waals surface area (Å²) in [5.41, 5.74) is 1.37. The monoisotopic (exact) mass is 231 g/mol. The summed E-state index contributed by atoms with van der Waals surface area (Å²) in [6, 6.07) is 10.6. The van der Waals surface area contributed by atoms with Crippen LogP contribution in [0.25, 0.3) is 0 Å². The summed E-state index contributed by atoms with van der Waals surface area (Å²) >= 11 is 0. The Bertz CT molecular complexity index is 349. The Balaban J connectivity index is 1.91. The molecule has 1 aliphatic heterocycles. The number of carbonyl (C=O) groups excluding carboxylic acids is 1. The van der Waals surface area contributed by atoms with Gasteiger partial charge in [-0.05, 0) is 30.9 Å². The normalized spacial score (nSPS) is 23.2. The minimum atomic E-state index is 0.202. The minimum Gasteiger partial charge on any atom is -0.303 e. The van der Waals surface area contributed by atoms with E-state index in [1.54, 1.807) is 0 Å². The van der Waals surface area contributed by atoms with Gasteiger partial charge in [0.1, 0.15) is 6.29 Å². The van der Waals surface area contributed by atoms with Crippen LogP contribution in [0.15, 0.2) is 30.3 Å². The Kier molecular flexibility index (Phi) is 4.32.